The zero-order chi connectivity index (χ0) is 12.1. The molecule has 3 heteroatoms. The third-order valence-corrected chi connectivity index (χ3v) is 3.10. The van der Waals surface area contributed by atoms with Crippen molar-refractivity contribution in [3.8, 4) is 5.75 Å². The molecule has 2 aromatic carbocycles. The van der Waals surface area contributed by atoms with Gasteiger partial charge in [-0.2, -0.15) is 0 Å². The molecule has 0 aliphatic carbocycles. The predicted octanol–water partition coefficient (Wildman–Crippen LogP) is 4.13. The lowest BCUT2D eigenvalue weighted by Crippen LogP contribution is -1.97. The Labute approximate surface area is 105 Å². The fourth-order valence-electron chi connectivity index (χ4n) is 1.46. The highest BCUT2D eigenvalue weighted by molar-refractivity contribution is 7.98. The van der Waals surface area contributed by atoms with Crippen LogP contribution in [0.1, 0.15) is 5.56 Å². The molecule has 17 heavy (non-hydrogen) atoms. The summed E-state index contributed by atoms with van der Waals surface area (Å²) >= 11 is 1.57. The van der Waals surface area contributed by atoms with Crippen LogP contribution in [0, 0.1) is 5.82 Å². The summed E-state index contributed by atoms with van der Waals surface area (Å²) in [5.41, 5.74) is 1.03. The molecule has 0 amide bonds. The number of rotatable bonds is 4. The highest BCUT2D eigenvalue weighted by atomic mass is 32.2. The molecule has 1 nitrogen and oxygen atoms in total. The minimum Gasteiger partial charge on any atom is -0.486 e. The minimum absolute atomic E-state index is 0.306. The SMILES string of the molecule is CSc1ccc(F)c(OCc2ccccc2)c1. The van der Waals surface area contributed by atoms with Crippen molar-refractivity contribution in [2.24, 2.45) is 0 Å². The first-order valence-electron chi connectivity index (χ1n) is 5.30. The largest absolute Gasteiger partial charge is 0.486 e. The smallest absolute Gasteiger partial charge is 0.165 e. The Kier molecular flexibility index (Phi) is 4.04. The number of ether oxygens (including phenoxy) is 1. The van der Waals surface area contributed by atoms with E-state index < -0.39 is 0 Å². The van der Waals surface area contributed by atoms with Gasteiger partial charge in [0.25, 0.3) is 0 Å². The van der Waals surface area contributed by atoms with Crippen LogP contribution < -0.4 is 4.74 Å². The van der Waals surface area contributed by atoms with E-state index in [2.05, 4.69) is 0 Å². The van der Waals surface area contributed by atoms with Crippen LogP contribution in [0.4, 0.5) is 4.39 Å². The normalized spacial score (nSPS) is 10.2. The number of benzene rings is 2. The van der Waals surface area contributed by atoms with Crippen LogP contribution in [0.2, 0.25) is 0 Å². The summed E-state index contributed by atoms with van der Waals surface area (Å²) in [6.45, 7) is 0.385. The summed E-state index contributed by atoms with van der Waals surface area (Å²) in [6.07, 6.45) is 1.95. The lowest BCUT2D eigenvalue weighted by Gasteiger charge is -2.08. The second-order valence-corrected chi connectivity index (χ2v) is 4.45. The van der Waals surface area contributed by atoms with Gasteiger partial charge in [0.05, 0.1) is 0 Å². The zero-order valence-corrected chi connectivity index (χ0v) is 10.3. The minimum atomic E-state index is -0.321. The van der Waals surface area contributed by atoms with E-state index in [1.54, 1.807) is 23.9 Å². The van der Waals surface area contributed by atoms with Gasteiger partial charge in [0.1, 0.15) is 6.61 Å². The van der Waals surface area contributed by atoms with E-state index in [4.69, 9.17) is 4.74 Å². The molecular formula is C14H13FOS. The monoisotopic (exact) mass is 248 g/mol. The second-order valence-electron chi connectivity index (χ2n) is 3.57. The van der Waals surface area contributed by atoms with Gasteiger partial charge in [0, 0.05) is 4.90 Å². The lowest BCUT2D eigenvalue weighted by molar-refractivity contribution is 0.289. The third-order valence-electron chi connectivity index (χ3n) is 2.38. The molecule has 0 radical (unpaired) electrons. The Bertz CT molecular complexity index is 485. The number of thioether (sulfide) groups is 1. The molecule has 0 N–H and O–H groups in total. The average Bonchev–Trinajstić information content (AvgIpc) is 2.39. The molecule has 0 bridgehead atoms. The van der Waals surface area contributed by atoms with Gasteiger partial charge in [-0.3, -0.25) is 0 Å². The van der Waals surface area contributed by atoms with Gasteiger partial charge in [-0.05, 0) is 30.0 Å². The molecular weight excluding hydrogens is 235 g/mol. The van der Waals surface area contributed by atoms with Crippen LogP contribution in [-0.2, 0) is 6.61 Å². The third kappa shape index (κ3) is 3.24. The second kappa shape index (κ2) is 5.73. The van der Waals surface area contributed by atoms with Gasteiger partial charge in [0.2, 0.25) is 0 Å². The first-order chi connectivity index (χ1) is 8.29. The molecule has 0 aromatic heterocycles. The molecule has 0 unspecified atom stereocenters. The summed E-state index contributed by atoms with van der Waals surface area (Å²) in [5.74, 6) is -0.0144. The maximum absolute atomic E-state index is 13.5. The number of hydrogen-bond donors (Lipinski definition) is 0. The molecule has 0 aliphatic rings. The number of halogens is 1. The zero-order valence-electron chi connectivity index (χ0n) is 9.52. The fraction of sp³-hybridized carbons (Fsp3) is 0.143. The van der Waals surface area contributed by atoms with Crippen molar-refractivity contribution < 1.29 is 9.13 Å². The predicted molar refractivity (Wildman–Crippen MR) is 69.0 cm³/mol. The first-order valence-corrected chi connectivity index (χ1v) is 6.52. The van der Waals surface area contributed by atoms with Crippen molar-refractivity contribution in [1.29, 1.82) is 0 Å². The van der Waals surface area contributed by atoms with E-state index in [0.29, 0.717) is 12.4 Å². The van der Waals surface area contributed by atoms with Gasteiger partial charge in [-0.1, -0.05) is 30.3 Å². The highest BCUT2D eigenvalue weighted by Gasteiger charge is 2.04. The summed E-state index contributed by atoms with van der Waals surface area (Å²) < 4.78 is 19.0. The van der Waals surface area contributed by atoms with E-state index >= 15 is 0 Å². The highest BCUT2D eigenvalue weighted by Crippen LogP contribution is 2.24. The molecule has 0 spiro atoms. The van der Waals surface area contributed by atoms with E-state index in [1.165, 1.54) is 6.07 Å². The average molecular weight is 248 g/mol. The molecule has 2 rings (SSSR count). The molecule has 0 heterocycles. The Hall–Kier alpha value is -1.48. The molecule has 0 atom stereocenters. The van der Waals surface area contributed by atoms with Crippen LogP contribution in [0.15, 0.2) is 53.4 Å². The summed E-state index contributed by atoms with van der Waals surface area (Å²) in [6, 6.07) is 14.6. The summed E-state index contributed by atoms with van der Waals surface area (Å²) in [4.78, 5) is 0.995. The molecule has 0 saturated carbocycles. The Morgan fingerprint density at radius 1 is 1.12 bits per heavy atom. The van der Waals surface area contributed by atoms with Gasteiger partial charge in [-0.15, -0.1) is 11.8 Å². The quantitative estimate of drug-likeness (QED) is 0.752. The number of hydrogen-bond acceptors (Lipinski definition) is 2. The molecule has 0 saturated heterocycles. The molecule has 0 aliphatic heterocycles. The maximum Gasteiger partial charge on any atom is 0.165 e. The Morgan fingerprint density at radius 2 is 1.88 bits per heavy atom. The van der Waals surface area contributed by atoms with Gasteiger partial charge < -0.3 is 4.74 Å². The van der Waals surface area contributed by atoms with Crippen LogP contribution in [0.25, 0.3) is 0 Å². The maximum atomic E-state index is 13.5. The standard InChI is InChI=1S/C14H13FOS/c1-17-12-7-8-13(15)14(9-12)16-10-11-5-3-2-4-6-11/h2-9H,10H2,1H3. The van der Waals surface area contributed by atoms with Crippen LogP contribution in [-0.4, -0.2) is 6.26 Å². The van der Waals surface area contributed by atoms with Crippen molar-refractivity contribution in [2.75, 3.05) is 6.26 Å². The van der Waals surface area contributed by atoms with E-state index in [0.717, 1.165) is 10.5 Å². The molecule has 2 aromatic rings. The molecule has 0 fully saturated rings. The Morgan fingerprint density at radius 3 is 2.59 bits per heavy atom. The van der Waals surface area contributed by atoms with E-state index in [9.17, 15) is 4.39 Å². The van der Waals surface area contributed by atoms with Crippen molar-refractivity contribution in [2.45, 2.75) is 11.5 Å². The van der Waals surface area contributed by atoms with Gasteiger partial charge in [0.15, 0.2) is 11.6 Å². The van der Waals surface area contributed by atoms with Crippen LogP contribution in [0.5, 0.6) is 5.75 Å². The van der Waals surface area contributed by atoms with E-state index in [1.807, 2.05) is 36.6 Å². The van der Waals surface area contributed by atoms with Crippen molar-refractivity contribution in [1.82, 2.24) is 0 Å². The van der Waals surface area contributed by atoms with Gasteiger partial charge >= 0.3 is 0 Å². The van der Waals surface area contributed by atoms with Gasteiger partial charge in [-0.25, -0.2) is 4.39 Å². The lowest BCUT2D eigenvalue weighted by atomic mass is 10.2. The van der Waals surface area contributed by atoms with Crippen LogP contribution in [0.3, 0.4) is 0 Å². The van der Waals surface area contributed by atoms with Crippen LogP contribution >= 0.6 is 11.8 Å². The summed E-state index contributed by atoms with van der Waals surface area (Å²) in [7, 11) is 0. The molecule has 88 valence electrons. The van der Waals surface area contributed by atoms with Crippen molar-refractivity contribution in [3.05, 3.63) is 59.9 Å². The Balaban J connectivity index is 2.08. The van der Waals surface area contributed by atoms with Crippen molar-refractivity contribution >= 4 is 11.8 Å². The summed E-state index contributed by atoms with van der Waals surface area (Å²) in [5, 5.41) is 0. The first kappa shape index (κ1) is 12.0. The van der Waals surface area contributed by atoms with E-state index in [-0.39, 0.29) is 5.82 Å². The topological polar surface area (TPSA) is 9.23 Å². The fourth-order valence-corrected chi connectivity index (χ4v) is 1.89. The van der Waals surface area contributed by atoms with Crippen molar-refractivity contribution in [3.63, 3.8) is 0 Å².